The molecule has 3 nitrogen and oxygen atoms in total. The van der Waals surface area contributed by atoms with Gasteiger partial charge in [0.1, 0.15) is 5.92 Å². The molecule has 0 aromatic heterocycles. The van der Waals surface area contributed by atoms with Crippen LogP contribution in [-0.4, -0.2) is 5.78 Å². The van der Waals surface area contributed by atoms with Crippen LogP contribution in [0.1, 0.15) is 33.8 Å². The molecule has 1 unspecified atom stereocenters. The fourth-order valence-electron chi connectivity index (χ4n) is 2.16. The minimum atomic E-state index is -0.729. The molecule has 3 heteroatoms. The third-order valence-electron chi connectivity index (χ3n) is 2.99. The van der Waals surface area contributed by atoms with Crippen LogP contribution in [0.3, 0.4) is 0 Å². The molecule has 2 rings (SSSR count). The first-order chi connectivity index (χ1) is 7.67. The molecule has 1 aliphatic rings. The molecule has 0 spiro atoms. The zero-order chi connectivity index (χ0) is 11.7. The number of carbonyl (C=O) groups excluding carboxylic acids is 1. The highest BCUT2D eigenvalue weighted by molar-refractivity contribution is 6.01. The van der Waals surface area contributed by atoms with E-state index in [0.29, 0.717) is 5.56 Å². The molecule has 0 saturated heterocycles. The quantitative estimate of drug-likeness (QED) is 0.714. The summed E-state index contributed by atoms with van der Waals surface area (Å²) in [4.78, 5) is 11.7. The van der Waals surface area contributed by atoms with Crippen LogP contribution >= 0.6 is 0 Å². The Bertz CT molecular complexity index is 520. The van der Waals surface area contributed by atoms with Crippen molar-refractivity contribution in [1.29, 1.82) is 10.5 Å². The number of fused-ring (bicyclic) bond motifs is 1. The minimum absolute atomic E-state index is 0.0409. The number of benzene rings is 1. The molecular weight excluding hydrogens is 200 g/mol. The second-order valence-electron chi connectivity index (χ2n) is 4.06. The SMILES string of the molecule is Cc1ccc2c(c1)C(=O)CC2C(C#N)C#N. The molecule has 1 aliphatic carbocycles. The van der Waals surface area contributed by atoms with Crippen LogP contribution in [0.5, 0.6) is 0 Å². The van der Waals surface area contributed by atoms with Gasteiger partial charge in [-0.25, -0.2) is 0 Å². The Morgan fingerprint density at radius 1 is 1.38 bits per heavy atom. The maximum Gasteiger partial charge on any atom is 0.163 e. The molecule has 0 heterocycles. The average molecular weight is 210 g/mol. The molecule has 0 bridgehead atoms. The smallest absolute Gasteiger partial charge is 0.163 e. The van der Waals surface area contributed by atoms with E-state index in [-0.39, 0.29) is 18.1 Å². The molecule has 0 saturated carbocycles. The van der Waals surface area contributed by atoms with Gasteiger partial charge < -0.3 is 0 Å². The molecule has 1 aromatic rings. The maximum absolute atomic E-state index is 11.7. The van der Waals surface area contributed by atoms with Gasteiger partial charge in [0.25, 0.3) is 0 Å². The molecule has 1 atom stereocenters. The second-order valence-corrected chi connectivity index (χ2v) is 4.06. The standard InChI is InChI=1S/C13H10N2O/c1-8-2-3-10-11(9(6-14)7-15)5-13(16)12(10)4-8/h2-4,9,11H,5H2,1H3. The third-order valence-corrected chi connectivity index (χ3v) is 2.99. The number of Topliss-reactive ketones (excluding diaryl/α,β-unsaturated/α-hetero) is 1. The normalized spacial score (nSPS) is 18.0. The topological polar surface area (TPSA) is 64.7 Å². The highest BCUT2D eigenvalue weighted by Gasteiger charge is 2.34. The minimum Gasteiger partial charge on any atom is -0.294 e. The number of hydrogen-bond acceptors (Lipinski definition) is 3. The summed E-state index contributed by atoms with van der Waals surface area (Å²) >= 11 is 0. The predicted molar refractivity (Wildman–Crippen MR) is 57.6 cm³/mol. The largest absolute Gasteiger partial charge is 0.294 e. The van der Waals surface area contributed by atoms with Crippen molar-refractivity contribution in [2.45, 2.75) is 19.3 Å². The van der Waals surface area contributed by atoms with Gasteiger partial charge >= 0.3 is 0 Å². The first-order valence-corrected chi connectivity index (χ1v) is 5.10. The summed E-state index contributed by atoms with van der Waals surface area (Å²) in [6.45, 7) is 1.92. The van der Waals surface area contributed by atoms with Gasteiger partial charge in [0.05, 0.1) is 12.1 Å². The molecule has 0 amide bonds. The van der Waals surface area contributed by atoms with Gasteiger partial charge in [-0.1, -0.05) is 17.7 Å². The Balaban J connectivity index is 2.49. The van der Waals surface area contributed by atoms with Gasteiger partial charge in [0, 0.05) is 17.9 Å². The third kappa shape index (κ3) is 1.47. The number of aryl methyl sites for hydroxylation is 1. The first-order valence-electron chi connectivity index (χ1n) is 5.10. The van der Waals surface area contributed by atoms with E-state index in [1.807, 2.05) is 37.3 Å². The summed E-state index contributed by atoms with van der Waals surface area (Å²) in [5, 5.41) is 17.7. The van der Waals surface area contributed by atoms with E-state index >= 15 is 0 Å². The number of ketones is 1. The lowest BCUT2D eigenvalue weighted by molar-refractivity contribution is 0.0987. The van der Waals surface area contributed by atoms with Crippen LogP contribution in [0.15, 0.2) is 18.2 Å². The van der Waals surface area contributed by atoms with Crippen LogP contribution in [0.2, 0.25) is 0 Å². The lowest BCUT2D eigenvalue weighted by Gasteiger charge is -2.10. The maximum atomic E-state index is 11.7. The summed E-state index contributed by atoms with van der Waals surface area (Å²) in [7, 11) is 0. The van der Waals surface area contributed by atoms with E-state index in [1.54, 1.807) is 0 Å². The number of rotatable bonds is 1. The summed E-state index contributed by atoms with van der Waals surface area (Å²) < 4.78 is 0. The number of carbonyl (C=O) groups is 1. The van der Waals surface area contributed by atoms with E-state index in [9.17, 15) is 4.79 Å². The molecule has 78 valence electrons. The van der Waals surface area contributed by atoms with E-state index < -0.39 is 5.92 Å². The van der Waals surface area contributed by atoms with Crippen LogP contribution in [-0.2, 0) is 0 Å². The molecular formula is C13H10N2O. The molecule has 0 aliphatic heterocycles. The Hall–Kier alpha value is -2.13. The lowest BCUT2D eigenvalue weighted by atomic mass is 9.89. The Labute approximate surface area is 93.9 Å². The Morgan fingerprint density at radius 2 is 2.06 bits per heavy atom. The lowest BCUT2D eigenvalue weighted by Crippen LogP contribution is -2.06. The van der Waals surface area contributed by atoms with Gasteiger partial charge in [-0.15, -0.1) is 0 Å². The zero-order valence-electron chi connectivity index (χ0n) is 8.90. The molecule has 0 fully saturated rings. The number of hydrogen-bond donors (Lipinski definition) is 0. The summed E-state index contributed by atoms with van der Waals surface area (Å²) in [5.41, 5.74) is 2.56. The van der Waals surface area contributed by atoms with Gasteiger partial charge in [-0.05, 0) is 18.6 Å². The Kier molecular flexibility index (Phi) is 2.46. The van der Waals surface area contributed by atoms with Crippen LogP contribution in [0.4, 0.5) is 0 Å². The highest BCUT2D eigenvalue weighted by atomic mass is 16.1. The van der Waals surface area contributed by atoms with Crippen molar-refractivity contribution in [3.63, 3.8) is 0 Å². The van der Waals surface area contributed by atoms with Crippen molar-refractivity contribution in [2.75, 3.05) is 0 Å². The second kappa shape index (κ2) is 3.79. The van der Waals surface area contributed by atoms with Crippen LogP contribution in [0.25, 0.3) is 0 Å². The van der Waals surface area contributed by atoms with Gasteiger partial charge in [0.2, 0.25) is 0 Å². The van der Waals surface area contributed by atoms with E-state index in [0.717, 1.165) is 11.1 Å². The number of nitrogens with zero attached hydrogens (tertiary/aromatic N) is 2. The van der Waals surface area contributed by atoms with Gasteiger partial charge in [0.15, 0.2) is 5.78 Å². The monoisotopic (exact) mass is 210 g/mol. The summed E-state index contributed by atoms with van der Waals surface area (Å²) in [6.07, 6.45) is 0.282. The fraction of sp³-hybridized carbons (Fsp3) is 0.308. The fourth-order valence-corrected chi connectivity index (χ4v) is 2.16. The van der Waals surface area contributed by atoms with Crippen molar-refractivity contribution < 1.29 is 4.79 Å². The molecule has 1 aromatic carbocycles. The van der Waals surface area contributed by atoms with Crippen LogP contribution in [0, 0.1) is 35.5 Å². The van der Waals surface area contributed by atoms with E-state index in [4.69, 9.17) is 10.5 Å². The predicted octanol–water partition coefficient (Wildman–Crippen LogP) is 2.33. The summed E-state index contributed by atoms with van der Waals surface area (Å²) in [5.74, 6) is -0.940. The van der Waals surface area contributed by atoms with Crippen molar-refractivity contribution in [3.05, 3.63) is 34.9 Å². The van der Waals surface area contributed by atoms with Gasteiger partial charge in [-0.2, -0.15) is 10.5 Å². The van der Waals surface area contributed by atoms with Crippen molar-refractivity contribution in [3.8, 4) is 12.1 Å². The molecule has 16 heavy (non-hydrogen) atoms. The summed E-state index contributed by atoms with van der Waals surface area (Å²) in [6, 6.07) is 9.53. The highest BCUT2D eigenvalue weighted by Crippen LogP contribution is 2.38. The van der Waals surface area contributed by atoms with Crippen molar-refractivity contribution in [1.82, 2.24) is 0 Å². The zero-order valence-corrected chi connectivity index (χ0v) is 8.90. The van der Waals surface area contributed by atoms with Crippen molar-refractivity contribution >= 4 is 5.78 Å². The first kappa shape index (κ1) is 10.4. The number of nitriles is 2. The van der Waals surface area contributed by atoms with Crippen molar-refractivity contribution in [2.24, 2.45) is 5.92 Å². The van der Waals surface area contributed by atoms with E-state index in [1.165, 1.54) is 0 Å². The van der Waals surface area contributed by atoms with Crippen LogP contribution < -0.4 is 0 Å². The molecule has 0 N–H and O–H groups in total. The Morgan fingerprint density at radius 3 is 2.69 bits per heavy atom. The van der Waals surface area contributed by atoms with E-state index in [2.05, 4.69) is 0 Å². The van der Waals surface area contributed by atoms with Gasteiger partial charge in [-0.3, -0.25) is 4.79 Å². The molecule has 0 radical (unpaired) electrons. The average Bonchev–Trinajstić information content (AvgIpc) is 2.58.